The Morgan fingerprint density at radius 2 is 1.68 bits per heavy atom. The lowest BCUT2D eigenvalue weighted by molar-refractivity contribution is 0.0948. The van der Waals surface area contributed by atoms with Crippen molar-refractivity contribution in [2.45, 2.75) is 27.4 Å². The van der Waals surface area contributed by atoms with Gasteiger partial charge in [0.15, 0.2) is 5.75 Å². The molecule has 0 spiro atoms. The lowest BCUT2D eigenvalue weighted by Gasteiger charge is -2.15. The monoisotopic (exact) mass is 419 g/mol. The molecule has 0 aromatic heterocycles. The number of hydrogen-bond donors (Lipinski definition) is 1. The zero-order valence-electron chi connectivity index (χ0n) is 18.3. The molecule has 0 heterocycles. The van der Waals surface area contributed by atoms with Gasteiger partial charge in [0.1, 0.15) is 11.5 Å². The summed E-state index contributed by atoms with van der Waals surface area (Å²) in [5.74, 6) is 2.22. The first-order valence-corrected chi connectivity index (χ1v) is 10.5. The first kappa shape index (κ1) is 22.4. The number of hydrogen-bond acceptors (Lipinski definition) is 4. The summed E-state index contributed by atoms with van der Waals surface area (Å²) >= 11 is 0. The second-order valence-electron chi connectivity index (χ2n) is 7.53. The third-order valence-corrected chi connectivity index (χ3v) is 4.44. The molecule has 3 aromatic rings. The molecule has 3 rings (SSSR count). The van der Waals surface area contributed by atoms with Gasteiger partial charge in [-0.25, -0.2) is 0 Å². The largest absolute Gasteiger partial charge is 0.494 e. The predicted octanol–water partition coefficient (Wildman–Crippen LogP) is 6.30. The number of benzene rings is 3. The van der Waals surface area contributed by atoms with Gasteiger partial charge >= 0.3 is 0 Å². The molecular formula is C26H29NO4. The number of ether oxygens (including phenoxy) is 3. The Balaban J connectivity index is 1.77. The average Bonchev–Trinajstić information content (AvgIpc) is 2.77. The fourth-order valence-electron chi connectivity index (χ4n) is 3.00. The third-order valence-electron chi connectivity index (χ3n) is 4.44. The highest BCUT2D eigenvalue weighted by atomic mass is 16.5. The van der Waals surface area contributed by atoms with E-state index in [2.05, 4.69) is 19.2 Å². The van der Waals surface area contributed by atoms with Crippen LogP contribution >= 0.6 is 0 Å². The molecule has 31 heavy (non-hydrogen) atoms. The predicted molar refractivity (Wildman–Crippen MR) is 123 cm³/mol. The molecule has 0 bridgehead atoms. The van der Waals surface area contributed by atoms with E-state index in [4.69, 9.17) is 14.2 Å². The summed E-state index contributed by atoms with van der Waals surface area (Å²) < 4.78 is 17.4. The summed E-state index contributed by atoms with van der Waals surface area (Å²) in [6.07, 6.45) is 0. The highest BCUT2D eigenvalue weighted by molar-refractivity contribution is 6.05. The Hall–Kier alpha value is -3.31. The summed E-state index contributed by atoms with van der Waals surface area (Å²) in [5.41, 5.74) is 1.98. The van der Waals surface area contributed by atoms with Crippen molar-refractivity contribution in [3.8, 4) is 17.2 Å². The molecule has 0 aliphatic rings. The summed E-state index contributed by atoms with van der Waals surface area (Å²) in [6.45, 7) is 7.72. The van der Waals surface area contributed by atoms with Gasteiger partial charge in [-0.1, -0.05) is 44.2 Å². The molecule has 5 heteroatoms. The van der Waals surface area contributed by atoms with E-state index in [0.29, 0.717) is 48.5 Å². The number of amides is 1. The van der Waals surface area contributed by atoms with Crippen LogP contribution in [0.5, 0.6) is 17.2 Å². The summed E-state index contributed by atoms with van der Waals surface area (Å²) in [7, 11) is 0. The Kier molecular flexibility index (Phi) is 8.07. The minimum absolute atomic E-state index is 0.225. The number of nitrogens with one attached hydrogen (secondary N) is 1. The van der Waals surface area contributed by atoms with E-state index in [1.807, 2.05) is 73.7 Å². The van der Waals surface area contributed by atoms with Crippen LogP contribution in [0.2, 0.25) is 0 Å². The van der Waals surface area contributed by atoms with Gasteiger partial charge in [0.2, 0.25) is 0 Å². The normalized spacial score (nSPS) is 10.7. The van der Waals surface area contributed by atoms with Crippen molar-refractivity contribution < 1.29 is 19.0 Å². The Bertz CT molecular complexity index is 986. The lowest BCUT2D eigenvalue weighted by atomic mass is 10.1. The van der Waals surface area contributed by atoms with Gasteiger partial charge in [-0.2, -0.15) is 0 Å². The van der Waals surface area contributed by atoms with Crippen LogP contribution in [0.4, 0.5) is 5.69 Å². The van der Waals surface area contributed by atoms with Gasteiger partial charge in [-0.05, 0) is 55.3 Å². The van der Waals surface area contributed by atoms with Crippen molar-refractivity contribution in [1.82, 2.24) is 0 Å². The summed E-state index contributed by atoms with van der Waals surface area (Å²) in [6, 6.07) is 22.2. The number of carbonyl (C=O) groups is 1. The van der Waals surface area contributed by atoms with Crippen LogP contribution in [0.25, 0.3) is 0 Å². The molecule has 1 amide bonds. The van der Waals surface area contributed by atoms with Crippen molar-refractivity contribution in [2.24, 2.45) is 5.92 Å². The fourth-order valence-corrected chi connectivity index (χ4v) is 3.00. The zero-order valence-corrected chi connectivity index (χ0v) is 18.3. The van der Waals surface area contributed by atoms with Gasteiger partial charge in [-0.3, -0.25) is 4.79 Å². The van der Waals surface area contributed by atoms with Crippen LogP contribution < -0.4 is 14.8 Å². The maximum absolute atomic E-state index is 13.0. The molecule has 162 valence electrons. The highest BCUT2D eigenvalue weighted by Gasteiger charge is 2.14. The van der Waals surface area contributed by atoms with E-state index in [-0.39, 0.29) is 5.91 Å². The SMILES string of the molecule is CCOc1ccc(C(=O)Nc2ccccc2Oc2ccccc2)cc1COCC(C)C. The van der Waals surface area contributed by atoms with E-state index in [0.717, 1.165) is 11.3 Å². The molecule has 5 nitrogen and oxygen atoms in total. The minimum atomic E-state index is -0.225. The molecule has 1 N–H and O–H groups in total. The van der Waals surface area contributed by atoms with Crippen LogP contribution in [-0.2, 0) is 11.3 Å². The van der Waals surface area contributed by atoms with E-state index in [1.54, 1.807) is 6.07 Å². The molecule has 0 fully saturated rings. The molecule has 0 aliphatic heterocycles. The summed E-state index contributed by atoms with van der Waals surface area (Å²) in [4.78, 5) is 13.0. The third kappa shape index (κ3) is 6.59. The van der Waals surface area contributed by atoms with E-state index in [9.17, 15) is 4.79 Å². The Morgan fingerprint density at radius 3 is 2.42 bits per heavy atom. The van der Waals surface area contributed by atoms with Crippen molar-refractivity contribution in [3.05, 3.63) is 83.9 Å². The second kappa shape index (κ2) is 11.2. The number of para-hydroxylation sites is 3. The summed E-state index contributed by atoms with van der Waals surface area (Å²) in [5, 5.41) is 2.95. The Labute approximate surface area is 184 Å². The first-order valence-electron chi connectivity index (χ1n) is 10.5. The van der Waals surface area contributed by atoms with Crippen LogP contribution in [0, 0.1) is 5.92 Å². The van der Waals surface area contributed by atoms with Gasteiger partial charge in [0.25, 0.3) is 5.91 Å². The van der Waals surface area contributed by atoms with Crippen molar-refractivity contribution >= 4 is 11.6 Å². The Morgan fingerprint density at radius 1 is 0.935 bits per heavy atom. The maximum Gasteiger partial charge on any atom is 0.255 e. The molecular weight excluding hydrogens is 390 g/mol. The van der Waals surface area contributed by atoms with Crippen LogP contribution in [-0.4, -0.2) is 19.1 Å². The van der Waals surface area contributed by atoms with Crippen LogP contribution in [0.1, 0.15) is 36.7 Å². The minimum Gasteiger partial charge on any atom is -0.494 e. The van der Waals surface area contributed by atoms with Crippen molar-refractivity contribution in [1.29, 1.82) is 0 Å². The van der Waals surface area contributed by atoms with Crippen LogP contribution in [0.3, 0.4) is 0 Å². The van der Waals surface area contributed by atoms with E-state index >= 15 is 0 Å². The van der Waals surface area contributed by atoms with Gasteiger partial charge in [-0.15, -0.1) is 0 Å². The van der Waals surface area contributed by atoms with Gasteiger partial charge < -0.3 is 19.5 Å². The quantitative estimate of drug-likeness (QED) is 0.419. The average molecular weight is 420 g/mol. The molecule has 0 radical (unpaired) electrons. The van der Waals surface area contributed by atoms with Crippen molar-refractivity contribution in [2.75, 3.05) is 18.5 Å². The van der Waals surface area contributed by atoms with Gasteiger partial charge in [0, 0.05) is 17.7 Å². The van der Waals surface area contributed by atoms with Crippen molar-refractivity contribution in [3.63, 3.8) is 0 Å². The molecule has 0 saturated carbocycles. The molecule has 0 atom stereocenters. The topological polar surface area (TPSA) is 56.8 Å². The van der Waals surface area contributed by atoms with E-state index in [1.165, 1.54) is 0 Å². The maximum atomic E-state index is 13.0. The fraction of sp³-hybridized carbons (Fsp3) is 0.269. The first-order chi connectivity index (χ1) is 15.1. The smallest absolute Gasteiger partial charge is 0.255 e. The zero-order chi connectivity index (χ0) is 22.1. The number of carbonyl (C=O) groups excluding carboxylic acids is 1. The molecule has 3 aromatic carbocycles. The lowest BCUT2D eigenvalue weighted by Crippen LogP contribution is -2.13. The number of anilines is 1. The standard InChI is InChI=1S/C26H29NO4/c1-4-30-24-15-14-20(16-21(24)18-29-17-19(2)3)26(28)27-23-12-8-9-13-25(23)31-22-10-6-5-7-11-22/h5-16,19H,4,17-18H2,1-3H3,(H,27,28). The molecule has 0 aliphatic carbocycles. The van der Waals surface area contributed by atoms with E-state index < -0.39 is 0 Å². The molecule has 0 saturated heterocycles. The number of rotatable bonds is 10. The molecule has 0 unspecified atom stereocenters. The second-order valence-corrected chi connectivity index (χ2v) is 7.53. The van der Waals surface area contributed by atoms with Crippen LogP contribution in [0.15, 0.2) is 72.8 Å². The van der Waals surface area contributed by atoms with Gasteiger partial charge in [0.05, 0.1) is 18.9 Å². The highest BCUT2D eigenvalue weighted by Crippen LogP contribution is 2.30.